The average molecular weight is 172 g/mol. The molecule has 1 rings (SSSR count). The Bertz CT molecular complexity index is 201. The second-order valence-electron chi connectivity index (χ2n) is 2.85. The third kappa shape index (κ3) is 2.11. The number of amides is 2. The highest BCUT2D eigenvalue weighted by Gasteiger charge is 2.36. The maximum atomic E-state index is 10.8. The fourth-order valence-electron chi connectivity index (χ4n) is 1.04. The molecule has 0 aromatic rings. The molecular weight excluding hydrogens is 160 g/mol. The van der Waals surface area contributed by atoms with Crippen LogP contribution >= 0.6 is 0 Å². The van der Waals surface area contributed by atoms with Gasteiger partial charge in [0.25, 0.3) is 0 Å². The minimum atomic E-state index is -0.606. The van der Waals surface area contributed by atoms with E-state index < -0.39 is 18.0 Å². The van der Waals surface area contributed by atoms with Gasteiger partial charge in [0.15, 0.2) is 0 Å². The van der Waals surface area contributed by atoms with E-state index in [0.29, 0.717) is 0 Å². The van der Waals surface area contributed by atoms with Crippen molar-refractivity contribution in [1.82, 2.24) is 5.32 Å². The van der Waals surface area contributed by atoms with Gasteiger partial charge in [-0.15, -0.1) is 0 Å². The molecule has 3 N–H and O–H groups in total. The van der Waals surface area contributed by atoms with E-state index in [1.165, 1.54) is 7.11 Å². The molecule has 2 amide bonds. The molecule has 1 saturated carbocycles. The van der Waals surface area contributed by atoms with Gasteiger partial charge in [0.1, 0.15) is 6.04 Å². The molecule has 0 aliphatic heterocycles. The number of methoxy groups -OCH3 is 1. The van der Waals surface area contributed by atoms with Crippen LogP contribution in [0, 0.1) is 5.92 Å². The summed E-state index contributed by atoms with van der Waals surface area (Å²) in [5, 5.41) is 2.39. The molecule has 0 aromatic heterocycles. The molecule has 0 heterocycles. The number of hydrogen-bond donors (Lipinski definition) is 2. The molecule has 1 aliphatic rings. The third-order valence-electron chi connectivity index (χ3n) is 1.86. The number of nitrogens with two attached hydrogens (primary N) is 1. The zero-order valence-corrected chi connectivity index (χ0v) is 6.87. The summed E-state index contributed by atoms with van der Waals surface area (Å²) in [6.45, 7) is 0. The summed E-state index contributed by atoms with van der Waals surface area (Å²) < 4.78 is 4.35. The molecule has 0 unspecified atom stereocenters. The van der Waals surface area contributed by atoms with Gasteiger partial charge >= 0.3 is 6.09 Å². The van der Waals surface area contributed by atoms with E-state index in [1.807, 2.05) is 0 Å². The van der Waals surface area contributed by atoms with Crippen LogP contribution < -0.4 is 11.1 Å². The van der Waals surface area contributed by atoms with Gasteiger partial charge in [0.2, 0.25) is 5.91 Å². The van der Waals surface area contributed by atoms with E-state index in [0.717, 1.165) is 12.8 Å². The van der Waals surface area contributed by atoms with Gasteiger partial charge in [0.05, 0.1) is 7.11 Å². The lowest BCUT2D eigenvalue weighted by Gasteiger charge is -2.12. The average Bonchev–Trinajstić information content (AvgIpc) is 2.81. The van der Waals surface area contributed by atoms with Crippen molar-refractivity contribution in [2.45, 2.75) is 18.9 Å². The third-order valence-corrected chi connectivity index (χ3v) is 1.86. The number of primary amides is 1. The Balaban J connectivity index is 2.43. The molecule has 1 aliphatic carbocycles. The number of carbonyl (C=O) groups excluding carboxylic acids is 2. The maximum Gasteiger partial charge on any atom is 0.407 e. The first-order valence-corrected chi connectivity index (χ1v) is 3.79. The first-order chi connectivity index (χ1) is 5.65. The van der Waals surface area contributed by atoms with Crippen LogP contribution in [0.5, 0.6) is 0 Å². The quantitative estimate of drug-likeness (QED) is 0.608. The number of nitrogens with one attached hydrogen (secondary N) is 1. The van der Waals surface area contributed by atoms with Crippen molar-refractivity contribution in [3.05, 3.63) is 0 Å². The van der Waals surface area contributed by atoms with E-state index in [9.17, 15) is 9.59 Å². The second-order valence-corrected chi connectivity index (χ2v) is 2.85. The van der Waals surface area contributed by atoms with Gasteiger partial charge in [0, 0.05) is 0 Å². The predicted molar refractivity (Wildman–Crippen MR) is 41.2 cm³/mol. The number of ether oxygens (including phenoxy) is 1. The van der Waals surface area contributed by atoms with E-state index >= 15 is 0 Å². The van der Waals surface area contributed by atoms with Gasteiger partial charge in [-0.05, 0) is 18.8 Å². The highest BCUT2D eigenvalue weighted by atomic mass is 16.5. The maximum absolute atomic E-state index is 10.8. The lowest BCUT2D eigenvalue weighted by atomic mass is 10.2. The molecule has 0 aromatic carbocycles. The van der Waals surface area contributed by atoms with Gasteiger partial charge in [-0.1, -0.05) is 0 Å². The Kier molecular flexibility index (Phi) is 2.52. The number of rotatable bonds is 3. The summed E-state index contributed by atoms with van der Waals surface area (Å²) in [6, 6.07) is -0.558. The summed E-state index contributed by atoms with van der Waals surface area (Å²) in [6.07, 6.45) is 1.28. The molecule has 1 fully saturated rings. The standard InChI is InChI=1S/C7H12N2O3/c1-12-7(11)9-5(6(8)10)4-2-3-4/h4-5H,2-3H2,1H3,(H2,8,10)(H,9,11)/t5-/m0/s1. The summed E-state index contributed by atoms with van der Waals surface area (Å²) in [5.74, 6) is -0.288. The predicted octanol–water partition coefficient (Wildman–Crippen LogP) is -0.394. The van der Waals surface area contributed by atoms with Crippen molar-refractivity contribution in [1.29, 1.82) is 0 Å². The summed E-state index contributed by atoms with van der Waals surface area (Å²) >= 11 is 0. The Hall–Kier alpha value is -1.26. The molecule has 68 valence electrons. The van der Waals surface area contributed by atoms with Crippen LogP contribution in [0.2, 0.25) is 0 Å². The summed E-state index contributed by atoms with van der Waals surface area (Å²) in [4.78, 5) is 21.5. The Labute approximate surface area is 70.2 Å². The molecule has 0 spiro atoms. The molecule has 12 heavy (non-hydrogen) atoms. The second kappa shape index (κ2) is 3.42. The normalized spacial score (nSPS) is 18.1. The smallest absolute Gasteiger partial charge is 0.407 e. The van der Waals surface area contributed by atoms with E-state index in [-0.39, 0.29) is 5.92 Å². The Morgan fingerprint density at radius 1 is 1.58 bits per heavy atom. The first kappa shape index (κ1) is 8.83. The van der Waals surface area contributed by atoms with Crippen molar-refractivity contribution in [3.63, 3.8) is 0 Å². The molecular formula is C7H12N2O3. The lowest BCUT2D eigenvalue weighted by molar-refractivity contribution is -0.120. The van der Waals surface area contributed by atoms with Gasteiger partial charge < -0.3 is 15.8 Å². The Morgan fingerprint density at radius 2 is 2.17 bits per heavy atom. The highest BCUT2D eigenvalue weighted by molar-refractivity contribution is 5.84. The van der Waals surface area contributed by atoms with E-state index in [1.54, 1.807) is 0 Å². The number of hydrogen-bond acceptors (Lipinski definition) is 3. The highest BCUT2D eigenvalue weighted by Crippen LogP contribution is 2.32. The van der Waals surface area contributed by atoms with Gasteiger partial charge in [-0.2, -0.15) is 0 Å². The largest absolute Gasteiger partial charge is 0.453 e. The fraction of sp³-hybridized carbons (Fsp3) is 0.714. The van der Waals surface area contributed by atoms with Crippen molar-refractivity contribution < 1.29 is 14.3 Å². The van der Waals surface area contributed by atoms with Gasteiger partial charge in [-0.3, -0.25) is 4.79 Å². The van der Waals surface area contributed by atoms with Crippen molar-refractivity contribution in [2.75, 3.05) is 7.11 Å². The molecule has 5 heteroatoms. The van der Waals surface area contributed by atoms with Crippen LogP contribution in [0.15, 0.2) is 0 Å². The van der Waals surface area contributed by atoms with Gasteiger partial charge in [-0.25, -0.2) is 4.79 Å². The Morgan fingerprint density at radius 3 is 2.50 bits per heavy atom. The molecule has 0 saturated heterocycles. The molecule has 0 bridgehead atoms. The monoisotopic (exact) mass is 172 g/mol. The first-order valence-electron chi connectivity index (χ1n) is 3.79. The van der Waals surface area contributed by atoms with Crippen LogP contribution in [0.1, 0.15) is 12.8 Å². The van der Waals surface area contributed by atoms with Crippen LogP contribution in [0.4, 0.5) is 4.79 Å². The van der Waals surface area contributed by atoms with Crippen LogP contribution in [-0.4, -0.2) is 25.2 Å². The zero-order valence-electron chi connectivity index (χ0n) is 6.87. The van der Waals surface area contributed by atoms with Crippen molar-refractivity contribution in [2.24, 2.45) is 11.7 Å². The molecule has 0 radical (unpaired) electrons. The summed E-state index contributed by atoms with van der Waals surface area (Å²) in [5.41, 5.74) is 5.07. The topological polar surface area (TPSA) is 81.4 Å². The molecule has 5 nitrogen and oxygen atoms in total. The van der Waals surface area contributed by atoms with Crippen molar-refractivity contribution >= 4 is 12.0 Å². The zero-order chi connectivity index (χ0) is 9.14. The van der Waals surface area contributed by atoms with Crippen molar-refractivity contribution in [3.8, 4) is 0 Å². The van der Waals surface area contributed by atoms with E-state index in [4.69, 9.17) is 5.73 Å². The molecule has 1 atom stereocenters. The van der Waals surface area contributed by atoms with Crippen LogP contribution in [0.3, 0.4) is 0 Å². The van der Waals surface area contributed by atoms with Crippen LogP contribution in [-0.2, 0) is 9.53 Å². The summed E-state index contributed by atoms with van der Waals surface area (Å²) in [7, 11) is 1.25. The number of carbonyl (C=O) groups is 2. The fourth-order valence-corrected chi connectivity index (χ4v) is 1.04. The minimum absolute atomic E-state index is 0.210. The minimum Gasteiger partial charge on any atom is -0.453 e. The SMILES string of the molecule is COC(=O)N[C@H](C(N)=O)C1CC1. The van der Waals surface area contributed by atoms with E-state index in [2.05, 4.69) is 10.1 Å². The lowest BCUT2D eigenvalue weighted by Crippen LogP contribution is -2.45. The number of alkyl carbamates (subject to hydrolysis) is 1. The van der Waals surface area contributed by atoms with Crippen LogP contribution in [0.25, 0.3) is 0 Å².